The lowest BCUT2D eigenvalue weighted by Crippen LogP contribution is -2.56. The number of aromatic amines is 1. The molecule has 0 saturated carbocycles. The Balaban J connectivity index is 1.13. The molecule has 0 aliphatic carbocycles. The van der Waals surface area contributed by atoms with Crippen LogP contribution >= 0.6 is 0 Å². The number of rotatable bonds is 12. The molecule has 2 aliphatic heterocycles. The van der Waals surface area contributed by atoms with Gasteiger partial charge < -0.3 is 44.9 Å². The molecule has 61 heavy (non-hydrogen) atoms. The highest BCUT2D eigenvalue weighted by molar-refractivity contribution is 6.05. The van der Waals surface area contributed by atoms with Crippen molar-refractivity contribution >= 4 is 35.3 Å². The van der Waals surface area contributed by atoms with Crippen molar-refractivity contribution in [3.05, 3.63) is 78.4 Å². The third-order valence-corrected chi connectivity index (χ3v) is 11.0. The number of imidazole rings is 1. The minimum Gasteiger partial charge on any atom is -0.453 e. The molecule has 18 heteroatoms. The van der Waals surface area contributed by atoms with E-state index in [9.17, 15) is 37.5 Å². The molecule has 0 radical (unpaired) electrons. The average Bonchev–Trinajstić information content (AvgIpc) is 3.93. The summed E-state index contributed by atoms with van der Waals surface area (Å²) in [6.07, 6.45) is -1.25. The molecule has 4 N–H and O–H groups in total. The minimum absolute atomic E-state index is 0.0743. The van der Waals surface area contributed by atoms with Crippen molar-refractivity contribution in [3.8, 4) is 28.1 Å². The Labute approximate surface area is 351 Å². The quantitative estimate of drug-likeness (QED) is 0.125. The zero-order valence-electron chi connectivity index (χ0n) is 34.9. The summed E-state index contributed by atoms with van der Waals surface area (Å²) in [5.74, 6) is -0.602. The van der Waals surface area contributed by atoms with Crippen LogP contribution in [0.25, 0.3) is 22.4 Å². The predicted molar refractivity (Wildman–Crippen MR) is 220 cm³/mol. The maximum absolute atomic E-state index is 13.7. The third kappa shape index (κ3) is 10.2. The Hall–Kier alpha value is -6.17. The monoisotopic (exact) mass is 848 g/mol. The molecule has 0 bridgehead atoms. The summed E-state index contributed by atoms with van der Waals surface area (Å²) in [6, 6.07) is 12.7. The normalized spacial score (nSPS) is 17.6. The second kappa shape index (κ2) is 18.2. The van der Waals surface area contributed by atoms with E-state index in [1.165, 1.54) is 25.4 Å². The first kappa shape index (κ1) is 44.4. The lowest BCUT2D eigenvalue weighted by Gasteiger charge is -2.42. The third-order valence-electron chi connectivity index (χ3n) is 11.0. The van der Waals surface area contributed by atoms with Crippen LogP contribution in [0.3, 0.4) is 0 Å². The zero-order chi connectivity index (χ0) is 44.2. The van der Waals surface area contributed by atoms with Gasteiger partial charge in [0, 0.05) is 43.3 Å². The van der Waals surface area contributed by atoms with Crippen LogP contribution in [0.5, 0.6) is 5.75 Å². The molecule has 15 nitrogen and oxygen atoms in total. The van der Waals surface area contributed by atoms with Crippen molar-refractivity contribution in [1.29, 1.82) is 0 Å². The first-order chi connectivity index (χ1) is 28.9. The van der Waals surface area contributed by atoms with Crippen molar-refractivity contribution in [3.63, 3.8) is 0 Å². The fourth-order valence-corrected chi connectivity index (χ4v) is 7.60. The summed E-state index contributed by atoms with van der Waals surface area (Å²) in [6.45, 7) is 10.7. The molecule has 2 aromatic carbocycles. The molecule has 0 unspecified atom stereocenters. The van der Waals surface area contributed by atoms with E-state index in [4.69, 9.17) is 4.74 Å². The maximum atomic E-state index is 13.7. The highest BCUT2D eigenvalue weighted by Gasteiger charge is 2.38. The van der Waals surface area contributed by atoms with Gasteiger partial charge in [0.2, 0.25) is 11.8 Å². The maximum Gasteiger partial charge on any atom is 0.573 e. The summed E-state index contributed by atoms with van der Waals surface area (Å²) in [4.78, 5) is 69.4. The van der Waals surface area contributed by atoms with Crippen LogP contribution in [0.1, 0.15) is 69.7 Å². The number of likely N-dealkylation sites (tertiary alicyclic amines) is 1. The second-order valence-corrected chi connectivity index (χ2v) is 16.3. The number of aliphatic hydroxyl groups is 1. The number of nitrogens with one attached hydrogen (secondary N) is 3. The number of methoxy groups -OCH3 is 1. The SMILES string of the molecule is COC(=O)N[C@H](C(=O)N1CCC[C@H]1c1ncc(-c2ccc(-c3ccc(C(=O)Nc4ccc(N5CCN(C(=O)C(C)(C)CO)C[C@H]5C)nc4)cc3OC(F)(F)F)cc2)[nH]1)C(C)C. The number of nitrogens with zero attached hydrogens (tertiary/aromatic N) is 5. The highest BCUT2D eigenvalue weighted by atomic mass is 19.4. The molecule has 3 atom stereocenters. The average molecular weight is 849 g/mol. The van der Waals surface area contributed by atoms with Gasteiger partial charge in [-0.15, -0.1) is 13.2 Å². The first-order valence-electron chi connectivity index (χ1n) is 20.0. The first-order valence-corrected chi connectivity index (χ1v) is 20.0. The zero-order valence-corrected chi connectivity index (χ0v) is 34.9. The molecule has 4 amide bonds. The van der Waals surface area contributed by atoms with E-state index in [1.807, 2.05) is 25.7 Å². The Bertz CT molecular complexity index is 2210. The molecule has 2 fully saturated rings. The van der Waals surface area contributed by atoms with Gasteiger partial charge in [-0.25, -0.2) is 14.8 Å². The number of pyridine rings is 1. The summed E-state index contributed by atoms with van der Waals surface area (Å²) >= 11 is 0. The van der Waals surface area contributed by atoms with Crippen molar-refractivity contribution in [1.82, 2.24) is 30.1 Å². The Morgan fingerprint density at radius 3 is 2.31 bits per heavy atom. The van der Waals surface area contributed by atoms with Crippen LogP contribution in [0, 0.1) is 11.3 Å². The van der Waals surface area contributed by atoms with E-state index in [0.29, 0.717) is 66.8 Å². The van der Waals surface area contributed by atoms with Crippen LogP contribution in [-0.4, -0.2) is 112 Å². The summed E-state index contributed by atoms with van der Waals surface area (Å²) < 4.78 is 50.2. The molecule has 2 aliphatic rings. The number of aliphatic hydroxyl groups excluding tert-OH is 1. The highest BCUT2D eigenvalue weighted by Crippen LogP contribution is 2.37. The topological polar surface area (TPSA) is 182 Å². The van der Waals surface area contributed by atoms with Crippen LogP contribution < -0.4 is 20.3 Å². The van der Waals surface area contributed by atoms with Gasteiger partial charge in [-0.1, -0.05) is 38.1 Å². The molecule has 2 saturated heterocycles. The van der Waals surface area contributed by atoms with Gasteiger partial charge in [0.1, 0.15) is 23.4 Å². The number of hydrogen-bond acceptors (Lipinski definition) is 10. The number of amides is 4. The van der Waals surface area contributed by atoms with E-state index in [-0.39, 0.29) is 47.5 Å². The number of alkyl halides is 3. The summed E-state index contributed by atoms with van der Waals surface area (Å²) in [5.41, 5.74) is 1.19. The van der Waals surface area contributed by atoms with Crippen LogP contribution in [0.15, 0.2) is 67.0 Å². The Kier molecular flexibility index (Phi) is 13.3. The van der Waals surface area contributed by atoms with Gasteiger partial charge in [0.05, 0.1) is 48.9 Å². The molecule has 4 heterocycles. The standard InChI is InChI=1S/C43H51F3N8O7/c1-25(2)36(51-41(59)60-6)39(57)54-17-7-8-33(54)37-48-22-32(50-37)28-11-9-27(10-12-28)31-15-13-29(20-34(31)61-43(44,45)46)38(56)49-30-14-16-35(47-21-30)53-19-18-52(23-26(53)3)40(58)42(4,5)24-55/h9-16,20-22,25-26,33,36,55H,7-8,17-19,23-24H2,1-6H3,(H,48,50)(H,49,56)(H,51,59)/t26-,33+,36+/m1/s1. The van der Waals surface area contributed by atoms with Crippen molar-refractivity contribution in [2.45, 2.75) is 71.9 Å². The van der Waals surface area contributed by atoms with E-state index in [1.54, 1.807) is 66.2 Å². The summed E-state index contributed by atoms with van der Waals surface area (Å²) in [7, 11) is 1.24. The van der Waals surface area contributed by atoms with Crippen LogP contribution in [-0.2, 0) is 14.3 Å². The Morgan fingerprint density at radius 1 is 0.967 bits per heavy atom. The lowest BCUT2D eigenvalue weighted by atomic mass is 9.92. The number of anilines is 2. The van der Waals surface area contributed by atoms with Crippen molar-refractivity contribution in [2.75, 3.05) is 50.1 Å². The van der Waals surface area contributed by atoms with Gasteiger partial charge in [-0.05, 0) is 81.0 Å². The van der Waals surface area contributed by atoms with Gasteiger partial charge in [0.25, 0.3) is 5.91 Å². The Morgan fingerprint density at radius 2 is 1.69 bits per heavy atom. The molecule has 2 aromatic heterocycles. The van der Waals surface area contributed by atoms with E-state index in [0.717, 1.165) is 12.5 Å². The summed E-state index contributed by atoms with van der Waals surface area (Å²) in [5, 5.41) is 14.9. The number of carbonyl (C=O) groups excluding carboxylic acids is 4. The smallest absolute Gasteiger partial charge is 0.453 e. The molecular formula is C43H51F3N8O7. The van der Waals surface area contributed by atoms with Crippen LogP contribution in [0.2, 0.25) is 0 Å². The number of ether oxygens (including phenoxy) is 2. The number of carbonyl (C=O) groups is 4. The lowest BCUT2D eigenvalue weighted by molar-refractivity contribution is -0.274. The van der Waals surface area contributed by atoms with Gasteiger partial charge >= 0.3 is 12.5 Å². The number of benzene rings is 2. The molecule has 326 valence electrons. The van der Waals surface area contributed by atoms with Crippen molar-refractivity contribution in [2.24, 2.45) is 11.3 Å². The van der Waals surface area contributed by atoms with E-state index >= 15 is 0 Å². The minimum atomic E-state index is -5.04. The van der Waals surface area contributed by atoms with Crippen molar-refractivity contribution < 1.29 is 46.9 Å². The largest absolute Gasteiger partial charge is 0.573 e. The molecular weight excluding hydrogens is 798 g/mol. The van der Waals surface area contributed by atoms with Gasteiger partial charge in [0.15, 0.2) is 0 Å². The number of aromatic nitrogens is 3. The van der Waals surface area contributed by atoms with Gasteiger partial charge in [-0.2, -0.15) is 0 Å². The van der Waals surface area contributed by atoms with Crippen LogP contribution in [0.4, 0.5) is 29.5 Å². The predicted octanol–water partition coefficient (Wildman–Crippen LogP) is 6.39. The fraction of sp³-hybridized carbons (Fsp3) is 0.442. The fourth-order valence-electron chi connectivity index (χ4n) is 7.60. The molecule has 0 spiro atoms. The van der Waals surface area contributed by atoms with E-state index in [2.05, 4.69) is 30.3 Å². The number of hydrogen-bond donors (Lipinski definition) is 4. The second-order valence-electron chi connectivity index (χ2n) is 16.3. The molecule has 6 rings (SSSR count). The molecule has 4 aromatic rings. The number of piperazine rings is 1. The number of H-pyrrole nitrogens is 1. The number of halogens is 3. The number of alkyl carbamates (subject to hydrolysis) is 1. The van der Waals surface area contributed by atoms with Gasteiger partial charge in [-0.3, -0.25) is 14.4 Å². The van der Waals surface area contributed by atoms with E-state index < -0.39 is 35.6 Å².